The van der Waals surface area contributed by atoms with Crippen LogP contribution in [0.5, 0.6) is 0 Å². The van der Waals surface area contributed by atoms with E-state index in [0.29, 0.717) is 12.2 Å². The maximum Gasteiger partial charge on any atom is 0.155 e. The highest BCUT2D eigenvalue weighted by Gasteiger charge is 2.30. The molecule has 1 fully saturated rings. The number of hydrogen-bond donors (Lipinski definition) is 0. The van der Waals surface area contributed by atoms with Gasteiger partial charge in [-0.2, -0.15) is 0 Å². The van der Waals surface area contributed by atoms with Gasteiger partial charge in [0.15, 0.2) is 5.78 Å². The fraction of sp³-hybridized carbons (Fsp3) is 0.462. The lowest BCUT2D eigenvalue weighted by Crippen LogP contribution is -2.21. The van der Waals surface area contributed by atoms with E-state index in [0.717, 1.165) is 17.8 Å². The smallest absolute Gasteiger partial charge is 0.155 e. The van der Waals surface area contributed by atoms with E-state index in [1.54, 1.807) is 0 Å². The molecule has 0 spiro atoms. The average Bonchev–Trinajstić information content (AvgIpc) is 2.59. The molecule has 0 N–H and O–H groups in total. The molecular formula is C13H18N2O. The Morgan fingerprint density at radius 1 is 1.25 bits per heavy atom. The number of carbonyl (C=O) groups excluding carboxylic acids is 1. The van der Waals surface area contributed by atoms with Gasteiger partial charge in [0.1, 0.15) is 0 Å². The Morgan fingerprint density at radius 2 is 1.88 bits per heavy atom. The highest BCUT2D eigenvalue weighted by atomic mass is 16.1. The maximum absolute atomic E-state index is 11.8. The zero-order chi connectivity index (χ0) is 11.7. The summed E-state index contributed by atoms with van der Waals surface area (Å²) in [5.74, 6) is 0.333. The molecule has 1 aromatic rings. The molecule has 2 rings (SSSR count). The summed E-state index contributed by atoms with van der Waals surface area (Å²) in [5, 5.41) is 0. The van der Waals surface area contributed by atoms with Gasteiger partial charge in [0, 0.05) is 32.7 Å². The highest BCUT2D eigenvalue weighted by molar-refractivity contribution is 5.87. The van der Waals surface area contributed by atoms with Crippen LogP contribution in [0.1, 0.15) is 18.0 Å². The Bertz CT molecular complexity index is 383. The van der Waals surface area contributed by atoms with Gasteiger partial charge in [-0.25, -0.2) is 0 Å². The normalized spacial score (nSPS) is 21.4. The van der Waals surface area contributed by atoms with E-state index in [-0.39, 0.29) is 6.04 Å². The summed E-state index contributed by atoms with van der Waals surface area (Å²) < 4.78 is 0. The van der Waals surface area contributed by atoms with E-state index in [2.05, 4.69) is 34.1 Å². The number of rotatable bonds is 2. The largest absolute Gasteiger partial charge is 0.378 e. The van der Waals surface area contributed by atoms with Gasteiger partial charge in [-0.15, -0.1) is 0 Å². The maximum atomic E-state index is 11.8. The molecule has 1 atom stereocenters. The summed E-state index contributed by atoms with van der Waals surface area (Å²) >= 11 is 0. The molecule has 1 aromatic carbocycles. The third-order valence-electron chi connectivity index (χ3n) is 3.18. The van der Waals surface area contributed by atoms with Crippen LogP contribution in [0.15, 0.2) is 24.3 Å². The van der Waals surface area contributed by atoms with Crippen LogP contribution < -0.4 is 4.90 Å². The first-order valence-corrected chi connectivity index (χ1v) is 5.60. The summed E-state index contributed by atoms with van der Waals surface area (Å²) in [5.41, 5.74) is 2.27. The van der Waals surface area contributed by atoms with Gasteiger partial charge in [0.2, 0.25) is 0 Å². The number of likely N-dealkylation sites (N-methyl/N-ethyl adjacent to an activating group) is 1. The quantitative estimate of drug-likeness (QED) is 0.755. The van der Waals surface area contributed by atoms with Crippen LogP contribution in [-0.2, 0) is 4.79 Å². The molecule has 1 saturated heterocycles. The van der Waals surface area contributed by atoms with Crippen molar-refractivity contribution in [3.8, 4) is 0 Å². The molecule has 0 bridgehead atoms. The molecule has 0 aliphatic carbocycles. The summed E-state index contributed by atoms with van der Waals surface area (Å²) in [4.78, 5) is 15.9. The van der Waals surface area contributed by atoms with Crippen LogP contribution >= 0.6 is 0 Å². The summed E-state index contributed by atoms with van der Waals surface area (Å²) in [6, 6.07) is 8.21. The van der Waals surface area contributed by atoms with Crippen LogP contribution in [0.4, 0.5) is 5.69 Å². The lowest BCUT2D eigenvalue weighted by molar-refractivity contribution is -0.119. The first kappa shape index (κ1) is 11.1. The molecule has 1 aliphatic heterocycles. The first-order chi connectivity index (χ1) is 7.59. The molecule has 0 saturated carbocycles. The standard InChI is InChI=1S/C13H18N2O/c1-14(2)11-6-4-10(5-7-11)13-12(16)8-9-15(13)3/h4-7,13H,8-9H2,1-3H3. The van der Waals surface area contributed by atoms with E-state index in [1.165, 1.54) is 0 Å². The van der Waals surface area contributed by atoms with Gasteiger partial charge >= 0.3 is 0 Å². The Labute approximate surface area is 96.7 Å². The molecule has 0 radical (unpaired) electrons. The Kier molecular flexibility index (Phi) is 2.97. The molecule has 0 amide bonds. The lowest BCUT2D eigenvalue weighted by Gasteiger charge is -2.19. The fourth-order valence-electron chi connectivity index (χ4n) is 2.19. The minimum absolute atomic E-state index is 0.0313. The molecule has 86 valence electrons. The minimum atomic E-state index is -0.0313. The molecule has 1 aliphatic rings. The van der Waals surface area contributed by atoms with E-state index in [9.17, 15) is 4.79 Å². The molecule has 3 nitrogen and oxygen atoms in total. The third kappa shape index (κ3) is 1.95. The van der Waals surface area contributed by atoms with Crippen molar-refractivity contribution in [3.63, 3.8) is 0 Å². The number of hydrogen-bond acceptors (Lipinski definition) is 3. The Balaban J connectivity index is 2.24. The van der Waals surface area contributed by atoms with Crippen molar-refractivity contribution in [1.29, 1.82) is 0 Å². The Hall–Kier alpha value is -1.35. The van der Waals surface area contributed by atoms with Crippen molar-refractivity contribution in [2.75, 3.05) is 32.6 Å². The number of carbonyl (C=O) groups is 1. The second kappa shape index (κ2) is 4.26. The van der Waals surface area contributed by atoms with Crippen molar-refractivity contribution in [2.45, 2.75) is 12.5 Å². The average molecular weight is 218 g/mol. The summed E-state index contributed by atoms with van der Waals surface area (Å²) in [6.07, 6.45) is 0.677. The number of likely N-dealkylation sites (tertiary alicyclic amines) is 1. The van der Waals surface area contributed by atoms with Gasteiger partial charge in [-0.05, 0) is 24.7 Å². The summed E-state index contributed by atoms with van der Waals surface area (Å²) in [6.45, 7) is 0.874. The zero-order valence-electron chi connectivity index (χ0n) is 10.1. The van der Waals surface area contributed by atoms with E-state index in [4.69, 9.17) is 0 Å². The van der Waals surface area contributed by atoms with Crippen LogP contribution in [0.3, 0.4) is 0 Å². The molecule has 1 heterocycles. The fourth-order valence-corrected chi connectivity index (χ4v) is 2.19. The van der Waals surface area contributed by atoms with E-state index < -0.39 is 0 Å². The molecule has 3 heteroatoms. The number of anilines is 1. The van der Waals surface area contributed by atoms with Gasteiger partial charge in [-0.1, -0.05) is 12.1 Å². The van der Waals surface area contributed by atoms with Crippen LogP contribution in [-0.4, -0.2) is 38.4 Å². The molecule has 1 unspecified atom stereocenters. The monoisotopic (exact) mass is 218 g/mol. The SMILES string of the molecule is CN(C)c1ccc(C2C(=O)CCN2C)cc1. The molecule has 0 aromatic heterocycles. The topological polar surface area (TPSA) is 23.6 Å². The minimum Gasteiger partial charge on any atom is -0.378 e. The number of ketones is 1. The van der Waals surface area contributed by atoms with Crippen molar-refractivity contribution < 1.29 is 4.79 Å². The predicted octanol–water partition coefficient (Wildman–Crippen LogP) is 1.70. The summed E-state index contributed by atoms with van der Waals surface area (Å²) in [7, 11) is 6.04. The zero-order valence-corrected chi connectivity index (χ0v) is 10.1. The van der Waals surface area contributed by atoms with Crippen molar-refractivity contribution in [1.82, 2.24) is 4.90 Å². The molecule has 16 heavy (non-hydrogen) atoms. The van der Waals surface area contributed by atoms with Crippen LogP contribution in [0, 0.1) is 0 Å². The first-order valence-electron chi connectivity index (χ1n) is 5.60. The Morgan fingerprint density at radius 3 is 2.31 bits per heavy atom. The van der Waals surface area contributed by atoms with Crippen molar-refractivity contribution >= 4 is 11.5 Å². The van der Waals surface area contributed by atoms with Crippen LogP contribution in [0.2, 0.25) is 0 Å². The number of benzene rings is 1. The predicted molar refractivity (Wildman–Crippen MR) is 65.8 cm³/mol. The van der Waals surface area contributed by atoms with Gasteiger partial charge < -0.3 is 4.90 Å². The highest BCUT2D eigenvalue weighted by Crippen LogP contribution is 2.28. The molecular weight excluding hydrogens is 200 g/mol. The second-order valence-corrected chi connectivity index (χ2v) is 4.59. The lowest BCUT2D eigenvalue weighted by atomic mass is 10.0. The second-order valence-electron chi connectivity index (χ2n) is 4.59. The van der Waals surface area contributed by atoms with Gasteiger partial charge in [0.05, 0.1) is 6.04 Å². The number of Topliss-reactive ketones (excluding diaryl/α,β-unsaturated/α-hetero) is 1. The number of nitrogens with zero attached hydrogens (tertiary/aromatic N) is 2. The van der Waals surface area contributed by atoms with E-state index >= 15 is 0 Å². The van der Waals surface area contributed by atoms with Crippen molar-refractivity contribution in [2.24, 2.45) is 0 Å². The van der Waals surface area contributed by atoms with Crippen molar-refractivity contribution in [3.05, 3.63) is 29.8 Å². The van der Waals surface area contributed by atoms with E-state index in [1.807, 2.05) is 21.1 Å². The van der Waals surface area contributed by atoms with Gasteiger partial charge in [0.25, 0.3) is 0 Å². The van der Waals surface area contributed by atoms with Crippen LogP contribution in [0.25, 0.3) is 0 Å². The van der Waals surface area contributed by atoms with Gasteiger partial charge in [-0.3, -0.25) is 9.69 Å². The third-order valence-corrected chi connectivity index (χ3v) is 3.18.